The van der Waals surface area contributed by atoms with Gasteiger partial charge < -0.3 is 19.5 Å². The van der Waals surface area contributed by atoms with Crippen molar-refractivity contribution in [3.8, 4) is 17.2 Å². The first-order valence-corrected chi connectivity index (χ1v) is 11.6. The number of methoxy groups -OCH3 is 1. The van der Waals surface area contributed by atoms with E-state index in [0.717, 1.165) is 34.4 Å². The molecular weight excluding hydrogens is 438 g/mol. The molecule has 0 aromatic heterocycles. The van der Waals surface area contributed by atoms with E-state index in [1.54, 1.807) is 7.11 Å². The number of hydrogen-bond acceptors (Lipinski definition) is 4. The molecule has 0 fully saturated rings. The molecule has 0 radical (unpaired) electrons. The molecule has 4 aromatic rings. The second-order valence-electron chi connectivity index (χ2n) is 8.07. The van der Waals surface area contributed by atoms with Crippen molar-refractivity contribution in [1.29, 1.82) is 0 Å². The van der Waals surface area contributed by atoms with Gasteiger partial charge in [0, 0.05) is 18.0 Å². The van der Waals surface area contributed by atoms with E-state index >= 15 is 0 Å². The molecular formula is C30H29NO4. The Balaban J connectivity index is 1.58. The zero-order valence-electron chi connectivity index (χ0n) is 19.7. The van der Waals surface area contributed by atoms with E-state index in [0.29, 0.717) is 31.3 Å². The maximum atomic E-state index is 11.2. The fourth-order valence-electron chi connectivity index (χ4n) is 3.96. The molecule has 0 spiro atoms. The molecule has 0 aliphatic heterocycles. The van der Waals surface area contributed by atoms with E-state index in [4.69, 9.17) is 14.2 Å². The van der Waals surface area contributed by atoms with Gasteiger partial charge in [-0.3, -0.25) is 4.79 Å². The Kier molecular flexibility index (Phi) is 8.38. The summed E-state index contributed by atoms with van der Waals surface area (Å²) in [4.78, 5) is 11.2. The lowest BCUT2D eigenvalue weighted by atomic mass is 9.90. The van der Waals surface area contributed by atoms with Crippen molar-refractivity contribution in [2.24, 2.45) is 0 Å². The molecule has 4 aromatic carbocycles. The molecule has 0 unspecified atom stereocenters. The van der Waals surface area contributed by atoms with Crippen LogP contribution in [0.5, 0.6) is 17.2 Å². The summed E-state index contributed by atoms with van der Waals surface area (Å²) in [6, 6.07) is 33.9. The minimum Gasteiger partial charge on any atom is -0.493 e. The van der Waals surface area contributed by atoms with Crippen LogP contribution < -0.4 is 19.5 Å². The van der Waals surface area contributed by atoms with Crippen LogP contribution >= 0.6 is 0 Å². The highest BCUT2D eigenvalue weighted by Gasteiger charge is 2.22. The first-order chi connectivity index (χ1) is 17.3. The Bertz CT molecular complexity index is 1190. The van der Waals surface area contributed by atoms with Crippen LogP contribution in [0.25, 0.3) is 0 Å². The highest BCUT2D eigenvalue weighted by atomic mass is 16.5. The summed E-state index contributed by atoms with van der Waals surface area (Å²) in [5.41, 5.74) is 4.14. The van der Waals surface area contributed by atoms with Gasteiger partial charge in [-0.2, -0.15) is 0 Å². The van der Waals surface area contributed by atoms with E-state index < -0.39 is 0 Å². The number of amides is 1. The van der Waals surface area contributed by atoms with Gasteiger partial charge in [-0.25, -0.2) is 0 Å². The SMILES string of the molecule is COc1cccc([C@H](CNC=O)c2ccc(OCc3ccccc3)cc2)c1OCc1ccccc1. The van der Waals surface area contributed by atoms with Crippen LogP contribution in [-0.2, 0) is 18.0 Å². The Morgan fingerprint density at radius 2 is 1.37 bits per heavy atom. The van der Waals surface area contributed by atoms with Crippen LogP contribution in [0.15, 0.2) is 103 Å². The van der Waals surface area contributed by atoms with Gasteiger partial charge >= 0.3 is 0 Å². The molecule has 0 saturated heterocycles. The smallest absolute Gasteiger partial charge is 0.207 e. The van der Waals surface area contributed by atoms with Gasteiger partial charge in [0.15, 0.2) is 11.5 Å². The largest absolute Gasteiger partial charge is 0.493 e. The number of nitrogens with one attached hydrogen (secondary N) is 1. The minimum absolute atomic E-state index is 0.135. The van der Waals surface area contributed by atoms with Gasteiger partial charge in [0.05, 0.1) is 7.11 Å². The minimum atomic E-state index is -0.135. The summed E-state index contributed by atoms with van der Waals surface area (Å²) in [6.45, 7) is 1.33. The Hall–Kier alpha value is -4.25. The summed E-state index contributed by atoms with van der Waals surface area (Å²) in [5, 5.41) is 2.84. The van der Waals surface area contributed by atoms with Crippen LogP contribution in [0, 0.1) is 0 Å². The molecule has 1 amide bonds. The van der Waals surface area contributed by atoms with Crippen LogP contribution in [0.1, 0.15) is 28.2 Å². The number of rotatable bonds is 12. The molecule has 1 atom stereocenters. The predicted octanol–water partition coefficient (Wildman–Crippen LogP) is 5.73. The second kappa shape index (κ2) is 12.3. The maximum absolute atomic E-state index is 11.2. The third-order valence-electron chi connectivity index (χ3n) is 5.77. The van der Waals surface area contributed by atoms with E-state index in [-0.39, 0.29) is 5.92 Å². The van der Waals surface area contributed by atoms with Gasteiger partial charge in [-0.1, -0.05) is 84.9 Å². The average Bonchev–Trinajstić information content (AvgIpc) is 2.93. The quantitative estimate of drug-likeness (QED) is 0.270. The topological polar surface area (TPSA) is 56.8 Å². The van der Waals surface area contributed by atoms with Crippen molar-refractivity contribution in [1.82, 2.24) is 5.32 Å². The fraction of sp³-hybridized carbons (Fsp3) is 0.167. The summed E-state index contributed by atoms with van der Waals surface area (Å²) < 4.78 is 17.8. The number of ether oxygens (including phenoxy) is 3. The van der Waals surface area contributed by atoms with E-state index in [9.17, 15) is 4.79 Å². The summed E-state index contributed by atoms with van der Waals surface area (Å²) in [7, 11) is 1.63. The van der Waals surface area contributed by atoms with Gasteiger partial charge in [0.1, 0.15) is 19.0 Å². The monoisotopic (exact) mass is 467 g/mol. The van der Waals surface area contributed by atoms with Crippen molar-refractivity contribution in [3.05, 3.63) is 125 Å². The van der Waals surface area contributed by atoms with Gasteiger partial charge in [0.2, 0.25) is 6.41 Å². The highest BCUT2D eigenvalue weighted by molar-refractivity contribution is 5.53. The first kappa shape index (κ1) is 23.9. The van der Waals surface area contributed by atoms with Crippen molar-refractivity contribution >= 4 is 6.41 Å². The van der Waals surface area contributed by atoms with Crippen molar-refractivity contribution in [2.45, 2.75) is 19.1 Å². The van der Waals surface area contributed by atoms with Gasteiger partial charge in [-0.05, 0) is 34.9 Å². The molecule has 5 nitrogen and oxygen atoms in total. The van der Waals surface area contributed by atoms with Crippen LogP contribution in [0.2, 0.25) is 0 Å². The van der Waals surface area contributed by atoms with Crippen molar-refractivity contribution in [2.75, 3.05) is 13.7 Å². The highest BCUT2D eigenvalue weighted by Crippen LogP contribution is 2.39. The number of hydrogen-bond donors (Lipinski definition) is 1. The molecule has 1 N–H and O–H groups in total. The molecule has 4 rings (SSSR count). The Morgan fingerprint density at radius 1 is 0.743 bits per heavy atom. The number of benzene rings is 4. The van der Waals surface area contributed by atoms with Crippen molar-refractivity contribution < 1.29 is 19.0 Å². The lowest BCUT2D eigenvalue weighted by molar-refractivity contribution is -0.109. The molecule has 0 saturated carbocycles. The number of para-hydroxylation sites is 1. The van der Waals surface area contributed by atoms with Gasteiger partial charge in [0.25, 0.3) is 0 Å². The maximum Gasteiger partial charge on any atom is 0.207 e. The number of carbonyl (C=O) groups is 1. The molecule has 0 heterocycles. The molecule has 178 valence electrons. The normalized spacial score (nSPS) is 11.3. The summed E-state index contributed by atoms with van der Waals surface area (Å²) >= 11 is 0. The number of carbonyl (C=O) groups excluding carboxylic acids is 1. The van der Waals surface area contributed by atoms with Gasteiger partial charge in [-0.15, -0.1) is 0 Å². The predicted molar refractivity (Wildman–Crippen MR) is 137 cm³/mol. The zero-order chi connectivity index (χ0) is 24.3. The lowest BCUT2D eigenvalue weighted by Crippen LogP contribution is -2.21. The van der Waals surface area contributed by atoms with Crippen LogP contribution in [-0.4, -0.2) is 20.1 Å². The molecule has 0 aliphatic rings. The Morgan fingerprint density at radius 3 is 1.97 bits per heavy atom. The van der Waals surface area contributed by atoms with E-state index in [1.165, 1.54) is 0 Å². The third-order valence-corrected chi connectivity index (χ3v) is 5.77. The van der Waals surface area contributed by atoms with Crippen LogP contribution in [0.4, 0.5) is 0 Å². The standard InChI is InChI=1S/C30H29NO4/c1-33-29-14-8-13-27(30(29)35-21-24-11-6-3-7-12-24)28(19-31-22-32)25-15-17-26(18-16-25)34-20-23-9-4-2-5-10-23/h2-18,22,28H,19-21H2,1H3,(H,31,32)/t28-/m1/s1. The molecule has 0 aliphatic carbocycles. The van der Waals surface area contributed by atoms with E-state index in [1.807, 2.05) is 103 Å². The third kappa shape index (κ3) is 6.42. The lowest BCUT2D eigenvalue weighted by Gasteiger charge is -2.23. The summed E-state index contributed by atoms with van der Waals surface area (Å²) in [6.07, 6.45) is 0.717. The molecule has 5 heteroatoms. The fourth-order valence-corrected chi connectivity index (χ4v) is 3.96. The van der Waals surface area contributed by atoms with Crippen molar-refractivity contribution in [3.63, 3.8) is 0 Å². The second-order valence-corrected chi connectivity index (χ2v) is 8.07. The van der Waals surface area contributed by atoms with E-state index in [2.05, 4.69) is 5.32 Å². The summed E-state index contributed by atoms with van der Waals surface area (Å²) in [5.74, 6) is 1.97. The molecule has 35 heavy (non-hydrogen) atoms. The first-order valence-electron chi connectivity index (χ1n) is 11.6. The van der Waals surface area contributed by atoms with Crippen LogP contribution in [0.3, 0.4) is 0 Å². The average molecular weight is 468 g/mol. The Labute approximate surface area is 206 Å². The zero-order valence-corrected chi connectivity index (χ0v) is 19.7. The molecule has 0 bridgehead atoms.